The molecule has 2 heterocycles. The number of nitrogens with zero attached hydrogens (tertiary/aromatic N) is 2. The third-order valence-corrected chi connectivity index (χ3v) is 6.09. The molecule has 10 heteroatoms. The number of rotatable bonds is 3. The topological polar surface area (TPSA) is 87.7 Å². The molecule has 0 aliphatic carbocycles. The normalized spacial score (nSPS) is 11.2. The van der Waals surface area contributed by atoms with E-state index in [1.54, 1.807) is 25.3 Å². The van der Waals surface area contributed by atoms with Gasteiger partial charge in [0.2, 0.25) is 0 Å². The van der Waals surface area contributed by atoms with Crippen LogP contribution in [0.1, 0.15) is 16.7 Å². The van der Waals surface area contributed by atoms with Crippen LogP contribution in [0.5, 0.6) is 0 Å². The summed E-state index contributed by atoms with van der Waals surface area (Å²) in [5.41, 5.74) is 0.708. The molecular formula is C21H13BrF2N4O2S. The fraction of sp³-hybridized carbons (Fsp3) is 0.0476. The lowest BCUT2D eigenvalue weighted by molar-refractivity contribution is 0.578. The van der Waals surface area contributed by atoms with Gasteiger partial charge in [-0.3, -0.25) is 9.82 Å². The van der Waals surface area contributed by atoms with Gasteiger partial charge < -0.3 is 0 Å². The largest absolute Gasteiger partial charge is 0.277 e. The van der Waals surface area contributed by atoms with E-state index >= 15 is 0 Å². The molecule has 0 atom stereocenters. The first-order valence-electron chi connectivity index (χ1n) is 8.82. The Labute approximate surface area is 184 Å². The van der Waals surface area contributed by atoms with Crippen molar-refractivity contribution in [2.24, 2.45) is 0 Å². The van der Waals surface area contributed by atoms with E-state index in [0.717, 1.165) is 12.1 Å². The van der Waals surface area contributed by atoms with E-state index in [9.17, 15) is 17.2 Å². The minimum absolute atomic E-state index is 0.0600. The maximum atomic E-state index is 14.9. The molecule has 0 saturated heterocycles. The number of hydrogen-bond acceptors (Lipinski definition) is 4. The van der Waals surface area contributed by atoms with E-state index in [0.29, 0.717) is 26.6 Å². The maximum Gasteiger partial charge on any atom is 0.262 e. The lowest BCUT2D eigenvalue weighted by Gasteiger charge is -2.11. The summed E-state index contributed by atoms with van der Waals surface area (Å²) in [5, 5.41) is 7.23. The summed E-state index contributed by atoms with van der Waals surface area (Å²) in [6.07, 6.45) is 2.99. The van der Waals surface area contributed by atoms with Crippen LogP contribution in [0.4, 0.5) is 14.5 Å². The monoisotopic (exact) mass is 502 g/mol. The molecule has 0 aliphatic heterocycles. The Bertz CT molecular complexity index is 1470. The van der Waals surface area contributed by atoms with Gasteiger partial charge in [0.15, 0.2) is 11.5 Å². The van der Waals surface area contributed by atoms with Crippen LogP contribution in [0.3, 0.4) is 0 Å². The number of H-pyrrole nitrogens is 1. The molecular weight excluding hydrogens is 490 g/mol. The zero-order chi connectivity index (χ0) is 22.2. The van der Waals surface area contributed by atoms with Gasteiger partial charge in [-0.05, 0) is 48.9 Å². The molecule has 2 N–H and O–H groups in total. The summed E-state index contributed by atoms with van der Waals surface area (Å²) in [5.74, 6) is 3.04. The van der Waals surface area contributed by atoms with Crippen LogP contribution in [-0.2, 0) is 10.0 Å². The highest BCUT2D eigenvalue weighted by Crippen LogP contribution is 2.25. The average Bonchev–Trinajstić information content (AvgIpc) is 3.17. The molecule has 31 heavy (non-hydrogen) atoms. The zero-order valence-electron chi connectivity index (χ0n) is 15.9. The molecule has 0 aliphatic rings. The van der Waals surface area contributed by atoms with Crippen LogP contribution in [0.25, 0.3) is 11.0 Å². The molecule has 156 valence electrons. The third kappa shape index (κ3) is 4.42. The van der Waals surface area contributed by atoms with Crippen LogP contribution in [-0.4, -0.2) is 23.6 Å². The van der Waals surface area contributed by atoms with Crippen molar-refractivity contribution in [2.45, 2.75) is 11.8 Å². The van der Waals surface area contributed by atoms with Crippen LogP contribution in [0, 0.1) is 30.4 Å². The van der Waals surface area contributed by atoms with E-state index in [4.69, 9.17) is 0 Å². The molecule has 4 rings (SSSR count). The lowest BCUT2D eigenvalue weighted by Crippen LogP contribution is -2.15. The molecule has 0 radical (unpaired) electrons. The van der Waals surface area contributed by atoms with Gasteiger partial charge in [-0.1, -0.05) is 27.8 Å². The molecule has 0 spiro atoms. The predicted molar refractivity (Wildman–Crippen MR) is 116 cm³/mol. The SMILES string of the molecule is Cc1cc(Br)cc(S(=O)(=O)Nc2ccc(F)c(C#Cc3cnc4[nH]ncc4c3)c2F)c1. The van der Waals surface area contributed by atoms with Crippen LogP contribution < -0.4 is 4.72 Å². The van der Waals surface area contributed by atoms with Crippen molar-refractivity contribution in [1.29, 1.82) is 0 Å². The zero-order valence-corrected chi connectivity index (χ0v) is 18.3. The second-order valence-corrected chi connectivity index (χ2v) is 9.23. The molecule has 2 aromatic heterocycles. The highest BCUT2D eigenvalue weighted by Gasteiger charge is 2.20. The van der Waals surface area contributed by atoms with Crippen molar-refractivity contribution in [2.75, 3.05) is 4.72 Å². The van der Waals surface area contributed by atoms with E-state index in [-0.39, 0.29) is 4.90 Å². The van der Waals surface area contributed by atoms with Gasteiger partial charge in [0.1, 0.15) is 5.82 Å². The van der Waals surface area contributed by atoms with Gasteiger partial charge >= 0.3 is 0 Å². The van der Waals surface area contributed by atoms with Crippen LogP contribution in [0.15, 0.2) is 58.2 Å². The molecule has 2 aromatic carbocycles. The van der Waals surface area contributed by atoms with Gasteiger partial charge in [-0.15, -0.1) is 0 Å². The number of benzene rings is 2. The minimum atomic E-state index is -4.11. The first-order chi connectivity index (χ1) is 14.7. The van der Waals surface area contributed by atoms with Crippen LogP contribution >= 0.6 is 15.9 Å². The molecule has 0 bridgehead atoms. The smallest absolute Gasteiger partial charge is 0.262 e. The third-order valence-electron chi connectivity index (χ3n) is 4.28. The number of pyridine rings is 1. The number of nitrogens with one attached hydrogen (secondary N) is 2. The van der Waals surface area contributed by atoms with E-state index in [2.05, 4.69) is 47.7 Å². The van der Waals surface area contributed by atoms with Gasteiger partial charge in [0, 0.05) is 21.6 Å². The first-order valence-corrected chi connectivity index (χ1v) is 11.1. The Hall–Kier alpha value is -3.29. The molecule has 6 nitrogen and oxygen atoms in total. The van der Waals surface area contributed by atoms with Gasteiger partial charge in [-0.25, -0.2) is 22.2 Å². The fourth-order valence-electron chi connectivity index (χ4n) is 2.85. The minimum Gasteiger partial charge on any atom is -0.277 e. The number of fused-ring (bicyclic) bond motifs is 1. The van der Waals surface area contributed by atoms with E-state index in [1.165, 1.54) is 18.3 Å². The highest BCUT2D eigenvalue weighted by atomic mass is 79.9. The number of aryl methyl sites for hydroxylation is 1. The Kier molecular flexibility index (Phi) is 5.47. The number of hydrogen-bond donors (Lipinski definition) is 2. The predicted octanol–water partition coefficient (Wildman–Crippen LogP) is 4.51. The Morgan fingerprint density at radius 3 is 2.68 bits per heavy atom. The van der Waals surface area contributed by atoms with Crippen molar-refractivity contribution in [3.63, 3.8) is 0 Å². The summed E-state index contributed by atoms with van der Waals surface area (Å²) in [4.78, 5) is 4.05. The second-order valence-electron chi connectivity index (χ2n) is 6.64. The summed E-state index contributed by atoms with van der Waals surface area (Å²) < 4.78 is 57.3. The summed E-state index contributed by atoms with van der Waals surface area (Å²) in [6, 6.07) is 8.19. The van der Waals surface area contributed by atoms with Crippen molar-refractivity contribution in [1.82, 2.24) is 15.2 Å². The number of halogens is 3. The van der Waals surface area contributed by atoms with Crippen molar-refractivity contribution < 1.29 is 17.2 Å². The molecule has 0 saturated carbocycles. The lowest BCUT2D eigenvalue weighted by atomic mass is 10.1. The Morgan fingerprint density at radius 1 is 1.10 bits per heavy atom. The maximum absolute atomic E-state index is 14.9. The number of anilines is 1. The summed E-state index contributed by atoms with van der Waals surface area (Å²) in [6.45, 7) is 1.73. The van der Waals surface area contributed by atoms with Crippen LogP contribution in [0.2, 0.25) is 0 Å². The fourth-order valence-corrected chi connectivity index (χ4v) is 4.79. The van der Waals surface area contributed by atoms with Crippen molar-refractivity contribution in [3.05, 3.63) is 81.6 Å². The second kappa shape index (κ2) is 8.09. The van der Waals surface area contributed by atoms with Gasteiger partial charge in [0.25, 0.3) is 10.0 Å². The first kappa shape index (κ1) is 21.0. The Morgan fingerprint density at radius 2 is 1.90 bits per heavy atom. The number of sulfonamides is 1. The summed E-state index contributed by atoms with van der Waals surface area (Å²) >= 11 is 3.24. The molecule has 0 fully saturated rings. The molecule has 0 unspecified atom stereocenters. The highest BCUT2D eigenvalue weighted by molar-refractivity contribution is 9.10. The average molecular weight is 503 g/mol. The van der Waals surface area contributed by atoms with E-state index in [1.807, 2.05) is 0 Å². The van der Waals surface area contributed by atoms with Crippen molar-refractivity contribution >= 4 is 42.7 Å². The molecule has 4 aromatic rings. The number of aromatic nitrogens is 3. The van der Waals surface area contributed by atoms with Gasteiger partial charge in [0.05, 0.1) is 22.3 Å². The summed E-state index contributed by atoms with van der Waals surface area (Å²) in [7, 11) is -4.11. The molecule has 0 amide bonds. The Balaban J connectivity index is 1.69. The number of aromatic amines is 1. The van der Waals surface area contributed by atoms with Crippen molar-refractivity contribution in [3.8, 4) is 11.8 Å². The van der Waals surface area contributed by atoms with Gasteiger partial charge in [-0.2, -0.15) is 5.10 Å². The quantitative estimate of drug-likeness (QED) is 0.403. The standard InChI is InChI=1S/C21H13BrF2N4O2S/c1-12-6-15(22)9-16(7-12)31(29,30)28-19-5-4-18(23)17(20(19)24)3-2-13-8-14-11-26-27-21(14)25-10-13/h4-11,28H,1H3,(H,25,26,27). The van der Waals surface area contributed by atoms with E-state index < -0.39 is 32.9 Å².